The summed E-state index contributed by atoms with van der Waals surface area (Å²) in [7, 11) is 0. The Hall–Kier alpha value is -1.77. The minimum absolute atomic E-state index is 0.0163. The number of carbonyl (C=O) groups is 1. The molecule has 0 aliphatic heterocycles. The quantitative estimate of drug-likeness (QED) is 0.639. The van der Waals surface area contributed by atoms with Crippen molar-refractivity contribution in [1.29, 1.82) is 0 Å². The number of nitrogens with one attached hydrogen (secondary N) is 1. The molecular formula is C16H19NO2. The van der Waals surface area contributed by atoms with E-state index in [-0.39, 0.29) is 11.7 Å². The molecule has 0 aromatic heterocycles. The molecule has 1 amide bonds. The third-order valence-corrected chi connectivity index (χ3v) is 4.26. The van der Waals surface area contributed by atoms with E-state index in [1.54, 1.807) is 29.8 Å². The first-order chi connectivity index (χ1) is 9.22. The smallest absolute Gasteiger partial charge is 0.224 e. The minimum Gasteiger partial charge on any atom is -0.506 e. The molecule has 0 heterocycles. The summed E-state index contributed by atoms with van der Waals surface area (Å²) in [4.78, 5) is 11.9. The fraction of sp³-hybridized carbons (Fsp3) is 0.438. The van der Waals surface area contributed by atoms with Crippen molar-refractivity contribution >= 4 is 11.6 Å². The molecule has 1 fully saturated rings. The van der Waals surface area contributed by atoms with Gasteiger partial charge in [-0.15, -0.1) is 0 Å². The number of phenols is 1. The third-order valence-electron chi connectivity index (χ3n) is 4.26. The first kappa shape index (κ1) is 12.3. The highest BCUT2D eigenvalue weighted by Gasteiger charge is 2.29. The van der Waals surface area contributed by atoms with Crippen LogP contribution in [0, 0.1) is 5.92 Å². The van der Waals surface area contributed by atoms with Crippen molar-refractivity contribution < 1.29 is 9.90 Å². The van der Waals surface area contributed by atoms with Gasteiger partial charge in [-0.2, -0.15) is 0 Å². The van der Waals surface area contributed by atoms with Crippen LogP contribution in [0.15, 0.2) is 35.4 Å². The summed E-state index contributed by atoms with van der Waals surface area (Å²) in [5, 5.41) is 12.4. The number of benzene rings is 1. The second-order valence-corrected chi connectivity index (χ2v) is 5.59. The normalized spacial score (nSPS) is 20.9. The molecule has 1 aromatic carbocycles. The number of para-hydroxylation sites is 2. The van der Waals surface area contributed by atoms with Gasteiger partial charge >= 0.3 is 0 Å². The van der Waals surface area contributed by atoms with Gasteiger partial charge in [-0.05, 0) is 50.2 Å². The predicted molar refractivity (Wildman–Crippen MR) is 75.0 cm³/mol. The molecule has 2 aliphatic carbocycles. The topological polar surface area (TPSA) is 49.3 Å². The van der Waals surface area contributed by atoms with Gasteiger partial charge in [-0.25, -0.2) is 0 Å². The Bertz CT molecular complexity index is 533. The summed E-state index contributed by atoms with van der Waals surface area (Å²) in [6.07, 6.45) is 6.48. The molecule has 3 heteroatoms. The van der Waals surface area contributed by atoms with Gasteiger partial charge in [-0.3, -0.25) is 4.79 Å². The Balaban J connectivity index is 1.54. The van der Waals surface area contributed by atoms with E-state index in [1.165, 1.54) is 31.3 Å². The number of amides is 1. The average molecular weight is 257 g/mol. The molecule has 0 saturated heterocycles. The molecule has 100 valence electrons. The summed E-state index contributed by atoms with van der Waals surface area (Å²) < 4.78 is 0. The van der Waals surface area contributed by atoms with Gasteiger partial charge in [0, 0.05) is 6.42 Å². The van der Waals surface area contributed by atoms with Crippen molar-refractivity contribution in [3.63, 3.8) is 0 Å². The van der Waals surface area contributed by atoms with E-state index in [4.69, 9.17) is 0 Å². The molecule has 1 aromatic rings. The highest BCUT2D eigenvalue weighted by molar-refractivity contribution is 5.92. The van der Waals surface area contributed by atoms with Crippen LogP contribution < -0.4 is 5.32 Å². The Labute approximate surface area is 113 Å². The largest absolute Gasteiger partial charge is 0.506 e. The summed E-state index contributed by atoms with van der Waals surface area (Å²) in [5.41, 5.74) is 3.63. The van der Waals surface area contributed by atoms with Crippen LogP contribution in [-0.2, 0) is 4.79 Å². The number of allylic oxidation sites excluding steroid dienone is 2. The summed E-state index contributed by atoms with van der Waals surface area (Å²) in [6.45, 7) is 0. The number of fused-ring (bicyclic) bond motifs is 2. The van der Waals surface area contributed by atoms with Crippen molar-refractivity contribution in [2.75, 3.05) is 5.32 Å². The molecule has 1 unspecified atom stereocenters. The van der Waals surface area contributed by atoms with Gasteiger partial charge < -0.3 is 10.4 Å². The summed E-state index contributed by atoms with van der Waals surface area (Å²) >= 11 is 0. The van der Waals surface area contributed by atoms with E-state index >= 15 is 0 Å². The maximum Gasteiger partial charge on any atom is 0.224 e. The average Bonchev–Trinajstić information content (AvgIpc) is 3.01. The van der Waals surface area contributed by atoms with E-state index in [0.29, 0.717) is 12.1 Å². The summed E-state index contributed by atoms with van der Waals surface area (Å²) in [6, 6.07) is 6.84. The van der Waals surface area contributed by atoms with Crippen molar-refractivity contribution in [3.8, 4) is 5.75 Å². The Morgan fingerprint density at radius 3 is 2.84 bits per heavy atom. The lowest BCUT2D eigenvalue weighted by molar-refractivity contribution is -0.116. The third kappa shape index (κ3) is 2.65. The molecule has 3 rings (SSSR count). The summed E-state index contributed by atoms with van der Waals surface area (Å²) in [5.74, 6) is 0.974. The van der Waals surface area contributed by atoms with Crippen molar-refractivity contribution in [2.45, 2.75) is 38.5 Å². The first-order valence-corrected chi connectivity index (χ1v) is 7.00. The van der Waals surface area contributed by atoms with Crippen molar-refractivity contribution in [1.82, 2.24) is 0 Å². The minimum atomic E-state index is -0.0163. The number of phenolic OH excluding ortho intramolecular Hbond substituents is 1. The molecular weight excluding hydrogens is 238 g/mol. The van der Waals surface area contributed by atoms with Crippen LogP contribution in [-0.4, -0.2) is 11.0 Å². The highest BCUT2D eigenvalue weighted by Crippen LogP contribution is 2.45. The Morgan fingerprint density at radius 2 is 2.16 bits per heavy atom. The molecule has 1 atom stereocenters. The van der Waals surface area contributed by atoms with Crippen LogP contribution in [0.1, 0.15) is 38.5 Å². The van der Waals surface area contributed by atoms with E-state index in [1.807, 2.05) is 0 Å². The zero-order valence-corrected chi connectivity index (χ0v) is 11.0. The maximum atomic E-state index is 11.9. The molecule has 0 spiro atoms. The highest BCUT2D eigenvalue weighted by atomic mass is 16.3. The Kier molecular flexibility index (Phi) is 3.28. The van der Waals surface area contributed by atoms with Crippen molar-refractivity contribution in [3.05, 3.63) is 35.4 Å². The van der Waals surface area contributed by atoms with Crippen LogP contribution in [0.4, 0.5) is 5.69 Å². The van der Waals surface area contributed by atoms with E-state index in [2.05, 4.69) is 5.32 Å². The standard InChI is InChI=1S/C16H19NO2/c18-15-4-2-1-3-14(15)17-16(19)8-7-13-10-11-5-6-12(13)9-11/h1-4,11,18H,5-10H2,(H,17,19). The van der Waals surface area contributed by atoms with Gasteiger partial charge in [0.05, 0.1) is 5.69 Å². The number of hydrogen-bond donors (Lipinski definition) is 2. The maximum absolute atomic E-state index is 11.9. The number of anilines is 1. The molecule has 2 bridgehead atoms. The second kappa shape index (κ2) is 5.08. The van der Waals surface area contributed by atoms with Crippen LogP contribution in [0.5, 0.6) is 5.75 Å². The van der Waals surface area contributed by atoms with E-state index in [0.717, 1.165) is 12.3 Å². The van der Waals surface area contributed by atoms with Crippen LogP contribution in [0.25, 0.3) is 0 Å². The van der Waals surface area contributed by atoms with Crippen molar-refractivity contribution in [2.24, 2.45) is 5.92 Å². The molecule has 2 aliphatic rings. The fourth-order valence-electron chi connectivity index (χ4n) is 3.25. The van der Waals surface area contributed by atoms with Gasteiger partial charge in [-0.1, -0.05) is 23.3 Å². The molecule has 1 saturated carbocycles. The van der Waals surface area contributed by atoms with Gasteiger partial charge in [0.15, 0.2) is 0 Å². The monoisotopic (exact) mass is 257 g/mol. The SMILES string of the molecule is O=C(CCC1=C2CCC(C1)C2)Nc1ccccc1O. The number of hydrogen-bond acceptors (Lipinski definition) is 2. The molecule has 19 heavy (non-hydrogen) atoms. The zero-order valence-electron chi connectivity index (χ0n) is 11.0. The second-order valence-electron chi connectivity index (χ2n) is 5.59. The lowest BCUT2D eigenvalue weighted by atomic mass is 9.96. The van der Waals surface area contributed by atoms with Gasteiger partial charge in [0.25, 0.3) is 0 Å². The van der Waals surface area contributed by atoms with Gasteiger partial charge in [0.1, 0.15) is 5.75 Å². The molecule has 3 nitrogen and oxygen atoms in total. The van der Waals surface area contributed by atoms with Crippen LogP contribution in [0.2, 0.25) is 0 Å². The number of carbonyl (C=O) groups excluding carboxylic acids is 1. The lowest BCUT2D eigenvalue weighted by Gasteiger charge is -2.12. The zero-order chi connectivity index (χ0) is 13.2. The van der Waals surface area contributed by atoms with E-state index < -0.39 is 0 Å². The number of aromatic hydroxyl groups is 1. The van der Waals surface area contributed by atoms with Crippen LogP contribution in [0.3, 0.4) is 0 Å². The number of rotatable bonds is 4. The predicted octanol–water partition coefficient (Wildman–Crippen LogP) is 3.61. The lowest BCUT2D eigenvalue weighted by Crippen LogP contribution is -2.11. The van der Waals surface area contributed by atoms with E-state index in [9.17, 15) is 9.90 Å². The fourth-order valence-corrected chi connectivity index (χ4v) is 3.25. The van der Waals surface area contributed by atoms with Gasteiger partial charge in [0.2, 0.25) is 5.91 Å². The molecule has 0 radical (unpaired) electrons. The Morgan fingerprint density at radius 1 is 1.32 bits per heavy atom. The first-order valence-electron chi connectivity index (χ1n) is 7.00. The molecule has 2 N–H and O–H groups in total. The van der Waals surface area contributed by atoms with Crippen LogP contribution >= 0.6 is 0 Å².